The van der Waals surface area contributed by atoms with Crippen LogP contribution in [0.2, 0.25) is 0 Å². The average Bonchev–Trinajstić information content (AvgIpc) is 2.45. The molecular formula is C16H15NO2. The zero-order chi connectivity index (χ0) is 13.7. The number of rotatable bonds is 4. The third-order valence-electron chi connectivity index (χ3n) is 2.94. The minimum atomic E-state index is -0.833. The summed E-state index contributed by atoms with van der Waals surface area (Å²) in [6.07, 6.45) is 1.71. The summed E-state index contributed by atoms with van der Waals surface area (Å²) in [5.41, 5.74) is 2.45. The lowest BCUT2D eigenvalue weighted by Gasteiger charge is -2.09. The minimum Gasteiger partial charge on any atom is -0.481 e. The van der Waals surface area contributed by atoms with Crippen LogP contribution in [0.15, 0.2) is 59.6 Å². The van der Waals surface area contributed by atoms with E-state index in [-0.39, 0.29) is 0 Å². The SMILES string of the molecule is CC(C(=O)O)c1ccccc1C=Nc1ccccc1. The summed E-state index contributed by atoms with van der Waals surface area (Å²) in [5, 5.41) is 9.10. The van der Waals surface area contributed by atoms with Crippen LogP contribution in [0.5, 0.6) is 0 Å². The number of carboxylic acids is 1. The molecule has 0 radical (unpaired) electrons. The Bertz CT molecular complexity index is 591. The van der Waals surface area contributed by atoms with Gasteiger partial charge in [0.25, 0.3) is 0 Å². The zero-order valence-electron chi connectivity index (χ0n) is 10.7. The van der Waals surface area contributed by atoms with Crippen molar-refractivity contribution in [2.24, 2.45) is 4.99 Å². The van der Waals surface area contributed by atoms with Crippen LogP contribution in [0.4, 0.5) is 5.69 Å². The Hall–Kier alpha value is -2.42. The van der Waals surface area contributed by atoms with E-state index >= 15 is 0 Å². The van der Waals surface area contributed by atoms with Crippen molar-refractivity contribution in [3.8, 4) is 0 Å². The molecule has 0 fully saturated rings. The first-order valence-electron chi connectivity index (χ1n) is 6.09. The third-order valence-corrected chi connectivity index (χ3v) is 2.94. The fraction of sp³-hybridized carbons (Fsp3) is 0.125. The first kappa shape index (κ1) is 13.0. The molecule has 0 aliphatic carbocycles. The lowest BCUT2D eigenvalue weighted by Crippen LogP contribution is -2.09. The number of para-hydroxylation sites is 1. The molecule has 0 saturated heterocycles. The van der Waals surface area contributed by atoms with Gasteiger partial charge in [-0.05, 0) is 30.2 Å². The molecule has 3 nitrogen and oxygen atoms in total. The van der Waals surface area contributed by atoms with Gasteiger partial charge in [-0.15, -0.1) is 0 Å². The van der Waals surface area contributed by atoms with Crippen LogP contribution in [0.1, 0.15) is 24.0 Å². The highest BCUT2D eigenvalue weighted by Crippen LogP contribution is 2.19. The number of aliphatic imine (C=N–C) groups is 1. The topological polar surface area (TPSA) is 49.7 Å². The van der Waals surface area contributed by atoms with Crippen molar-refractivity contribution in [3.05, 3.63) is 65.7 Å². The largest absolute Gasteiger partial charge is 0.481 e. The third kappa shape index (κ3) is 3.28. The highest BCUT2D eigenvalue weighted by molar-refractivity contribution is 5.87. The van der Waals surface area contributed by atoms with Gasteiger partial charge in [-0.3, -0.25) is 9.79 Å². The molecule has 0 aliphatic rings. The van der Waals surface area contributed by atoms with E-state index in [4.69, 9.17) is 5.11 Å². The van der Waals surface area contributed by atoms with E-state index in [1.807, 2.05) is 54.6 Å². The lowest BCUT2D eigenvalue weighted by atomic mass is 9.96. The van der Waals surface area contributed by atoms with E-state index in [9.17, 15) is 4.79 Å². The van der Waals surface area contributed by atoms with Crippen molar-refractivity contribution >= 4 is 17.9 Å². The molecule has 0 heterocycles. The Labute approximate surface area is 112 Å². The van der Waals surface area contributed by atoms with Crippen molar-refractivity contribution in [1.82, 2.24) is 0 Å². The molecule has 2 aromatic rings. The predicted octanol–water partition coefficient (Wildman–Crippen LogP) is 3.63. The van der Waals surface area contributed by atoms with Crippen LogP contribution in [0.25, 0.3) is 0 Å². The molecule has 96 valence electrons. The smallest absolute Gasteiger partial charge is 0.310 e. The van der Waals surface area contributed by atoms with Crippen LogP contribution in [0.3, 0.4) is 0 Å². The van der Waals surface area contributed by atoms with Crippen LogP contribution in [-0.4, -0.2) is 17.3 Å². The standard InChI is InChI=1S/C16H15NO2/c1-12(16(18)19)15-10-6-5-7-13(15)11-17-14-8-3-2-4-9-14/h2-12H,1H3,(H,18,19). The van der Waals surface area contributed by atoms with Crippen LogP contribution >= 0.6 is 0 Å². The molecule has 2 rings (SSSR count). The van der Waals surface area contributed by atoms with Gasteiger partial charge < -0.3 is 5.11 Å². The van der Waals surface area contributed by atoms with E-state index in [2.05, 4.69) is 4.99 Å². The van der Waals surface area contributed by atoms with Crippen molar-refractivity contribution in [2.75, 3.05) is 0 Å². The molecule has 2 aromatic carbocycles. The average molecular weight is 253 g/mol. The predicted molar refractivity (Wildman–Crippen MR) is 76.2 cm³/mol. The number of hydrogen-bond acceptors (Lipinski definition) is 2. The van der Waals surface area contributed by atoms with Crippen molar-refractivity contribution in [1.29, 1.82) is 0 Å². The van der Waals surface area contributed by atoms with Gasteiger partial charge in [-0.2, -0.15) is 0 Å². The molecule has 0 bridgehead atoms. The van der Waals surface area contributed by atoms with E-state index in [1.165, 1.54) is 0 Å². The van der Waals surface area contributed by atoms with Crippen molar-refractivity contribution in [2.45, 2.75) is 12.8 Å². The van der Waals surface area contributed by atoms with Gasteiger partial charge in [-0.1, -0.05) is 42.5 Å². The Morgan fingerprint density at radius 1 is 1.11 bits per heavy atom. The van der Waals surface area contributed by atoms with Crippen LogP contribution in [-0.2, 0) is 4.79 Å². The van der Waals surface area contributed by atoms with Gasteiger partial charge in [0.1, 0.15) is 0 Å². The maximum atomic E-state index is 11.1. The Balaban J connectivity index is 2.31. The van der Waals surface area contributed by atoms with Gasteiger partial charge in [-0.25, -0.2) is 0 Å². The van der Waals surface area contributed by atoms with Crippen LogP contribution < -0.4 is 0 Å². The highest BCUT2D eigenvalue weighted by atomic mass is 16.4. The van der Waals surface area contributed by atoms with Crippen molar-refractivity contribution in [3.63, 3.8) is 0 Å². The second kappa shape index (κ2) is 5.96. The summed E-state index contributed by atoms with van der Waals surface area (Å²) >= 11 is 0. The molecular weight excluding hydrogens is 238 g/mol. The number of carboxylic acid groups (broad SMARTS) is 1. The fourth-order valence-corrected chi connectivity index (χ4v) is 1.81. The Morgan fingerprint density at radius 3 is 2.42 bits per heavy atom. The van der Waals surface area contributed by atoms with E-state index in [1.54, 1.807) is 13.1 Å². The Morgan fingerprint density at radius 2 is 1.74 bits per heavy atom. The number of hydrogen-bond donors (Lipinski definition) is 1. The first-order chi connectivity index (χ1) is 9.18. The molecule has 0 amide bonds. The number of carbonyl (C=O) groups is 1. The number of nitrogens with zero attached hydrogens (tertiary/aromatic N) is 1. The van der Waals surface area contributed by atoms with E-state index in [0.717, 1.165) is 16.8 Å². The number of benzene rings is 2. The molecule has 1 unspecified atom stereocenters. The summed E-state index contributed by atoms with van der Waals surface area (Å²) in [5.74, 6) is -1.38. The van der Waals surface area contributed by atoms with E-state index in [0.29, 0.717) is 0 Å². The summed E-state index contributed by atoms with van der Waals surface area (Å²) in [7, 11) is 0. The lowest BCUT2D eigenvalue weighted by molar-refractivity contribution is -0.138. The zero-order valence-corrected chi connectivity index (χ0v) is 10.7. The first-order valence-corrected chi connectivity index (χ1v) is 6.09. The normalized spacial score (nSPS) is 12.5. The van der Waals surface area contributed by atoms with Crippen molar-refractivity contribution < 1.29 is 9.90 Å². The summed E-state index contributed by atoms with van der Waals surface area (Å²) in [6, 6.07) is 17.0. The van der Waals surface area contributed by atoms with Gasteiger partial charge in [0, 0.05) is 6.21 Å². The minimum absolute atomic E-state index is 0.543. The summed E-state index contributed by atoms with van der Waals surface area (Å²) in [6.45, 7) is 1.68. The molecule has 1 atom stereocenters. The summed E-state index contributed by atoms with van der Waals surface area (Å²) < 4.78 is 0. The van der Waals surface area contributed by atoms with Gasteiger partial charge >= 0.3 is 5.97 Å². The van der Waals surface area contributed by atoms with Gasteiger partial charge in [0.2, 0.25) is 0 Å². The fourth-order valence-electron chi connectivity index (χ4n) is 1.81. The molecule has 19 heavy (non-hydrogen) atoms. The van der Waals surface area contributed by atoms with Gasteiger partial charge in [0.15, 0.2) is 0 Å². The van der Waals surface area contributed by atoms with Gasteiger partial charge in [0.05, 0.1) is 11.6 Å². The van der Waals surface area contributed by atoms with E-state index < -0.39 is 11.9 Å². The molecule has 0 saturated carbocycles. The second-order valence-corrected chi connectivity index (χ2v) is 4.28. The maximum absolute atomic E-state index is 11.1. The molecule has 3 heteroatoms. The van der Waals surface area contributed by atoms with Crippen LogP contribution in [0, 0.1) is 0 Å². The monoisotopic (exact) mass is 253 g/mol. The highest BCUT2D eigenvalue weighted by Gasteiger charge is 2.15. The maximum Gasteiger partial charge on any atom is 0.310 e. The quantitative estimate of drug-likeness (QED) is 0.846. The second-order valence-electron chi connectivity index (χ2n) is 4.28. The number of aliphatic carboxylic acids is 1. The Kier molecular flexibility index (Phi) is 4.08. The summed E-state index contributed by atoms with van der Waals surface area (Å²) in [4.78, 5) is 15.4. The molecule has 0 spiro atoms. The molecule has 0 aliphatic heterocycles. The molecule has 0 aromatic heterocycles. The molecule has 1 N–H and O–H groups in total.